The number of rotatable bonds is 14. The summed E-state index contributed by atoms with van der Waals surface area (Å²) in [6, 6.07) is 8.31. The smallest absolute Gasteiger partial charge is 0.204 e. The molecule has 1 fully saturated rings. The lowest BCUT2D eigenvalue weighted by Gasteiger charge is -2.26. The molecule has 1 aromatic heterocycles. The van der Waals surface area contributed by atoms with Crippen LogP contribution in [0.5, 0.6) is 0 Å². The Hall–Kier alpha value is -1.34. The van der Waals surface area contributed by atoms with Gasteiger partial charge in [-0.05, 0) is 18.6 Å². The highest BCUT2D eigenvalue weighted by Crippen LogP contribution is 2.14. The molecule has 0 unspecified atom stereocenters. The number of morpholine rings is 1. The van der Waals surface area contributed by atoms with Crippen LogP contribution in [0.3, 0.4) is 0 Å². The van der Waals surface area contributed by atoms with Gasteiger partial charge in [0, 0.05) is 32.8 Å². The maximum absolute atomic E-state index is 8.72. The van der Waals surface area contributed by atoms with Crippen LogP contribution in [0, 0.1) is 5.41 Å². The molecule has 3 rings (SSSR count). The summed E-state index contributed by atoms with van der Waals surface area (Å²) in [5.41, 5.74) is 2.73. The number of benzene rings is 1. The van der Waals surface area contributed by atoms with Crippen LogP contribution < -0.4 is 5.62 Å². The van der Waals surface area contributed by atoms with E-state index in [1.165, 1.54) is 44.9 Å². The van der Waals surface area contributed by atoms with Gasteiger partial charge in [-0.15, -0.1) is 12.4 Å². The maximum Gasteiger partial charge on any atom is 0.204 e. The number of aromatic nitrogens is 2. The Bertz CT molecular complexity index is 798. The molecule has 0 saturated carbocycles. The molecule has 176 valence electrons. The van der Waals surface area contributed by atoms with Gasteiger partial charge in [0.25, 0.3) is 0 Å². The summed E-state index contributed by atoms with van der Waals surface area (Å²) in [6.07, 6.45) is 10.4. The van der Waals surface area contributed by atoms with Crippen molar-refractivity contribution in [3.63, 3.8) is 0 Å². The first-order valence-electron chi connectivity index (χ1n) is 11.9. The highest BCUT2D eigenvalue weighted by Gasteiger charge is 2.14. The van der Waals surface area contributed by atoms with E-state index < -0.39 is 0 Å². The molecule has 0 aliphatic carbocycles. The number of hydrogen-bond acceptors (Lipinski definition) is 4. The highest BCUT2D eigenvalue weighted by atomic mass is 35.5. The molecule has 0 bridgehead atoms. The molecule has 31 heavy (non-hydrogen) atoms. The molecular weight excluding hydrogens is 412 g/mol. The maximum atomic E-state index is 8.72. The number of nitrogens with one attached hydrogen (secondary N) is 1. The minimum atomic E-state index is 0. The summed E-state index contributed by atoms with van der Waals surface area (Å²) in [6.45, 7) is 8.85. The van der Waals surface area contributed by atoms with E-state index in [-0.39, 0.29) is 12.4 Å². The zero-order valence-electron chi connectivity index (χ0n) is 19.2. The lowest BCUT2D eigenvalue weighted by atomic mass is 10.1. The van der Waals surface area contributed by atoms with Crippen LogP contribution in [-0.4, -0.2) is 53.5 Å². The Morgan fingerprint density at radius 3 is 2.16 bits per heavy atom. The first kappa shape index (κ1) is 25.9. The average Bonchev–Trinajstić information content (AvgIpc) is 3.05. The SMILES string of the molecule is CCCCCCCCCCOCn1c(=N)n(CCN2CCOCC2)c2ccccc21.Cl. The van der Waals surface area contributed by atoms with Crippen molar-refractivity contribution in [2.75, 3.05) is 39.5 Å². The van der Waals surface area contributed by atoms with Gasteiger partial charge in [0.05, 0.1) is 24.2 Å². The van der Waals surface area contributed by atoms with Crippen molar-refractivity contribution in [3.8, 4) is 0 Å². The summed E-state index contributed by atoms with van der Waals surface area (Å²) in [5, 5.41) is 8.72. The van der Waals surface area contributed by atoms with E-state index in [9.17, 15) is 0 Å². The average molecular weight is 453 g/mol. The zero-order valence-corrected chi connectivity index (χ0v) is 20.0. The number of para-hydroxylation sites is 2. The fourth-order valence-electron chi connectivity index (χ4n) is 4.21. The van der Waals surface area contributed by atoms with Crippen molar-refractivity contribution in [2.45, 2.75) is 71.6 Å². The summed E-state index contributed by atoms with van der Waals surface area (Å²) >= 11 is 0. The van der Waals surface area contributed by atoms with Crippen molar-refractivity contribution in [2.24, 2.45) is 0 Å². The summed E-state index contributed by atoms with van der Waals surface area (Å²) < 4.78 is 15.5. The Kier molecular flexibility index (Phi) is 12.3. The zero-order chi connectivity index (χ0) is 21.0. The van der Waals surface area contributed by atoms with Gasteiger partial charge in [-0.3, -0.25) is 14.9 Å². The van der Waals surface area contributed by atoms with E-state index >= 15 is 0 Å². The molecule has 1 aliphatic heterocycles. The van der Waals surface area contributed by atoms with Crippen LogP contribution in [0.2, 0.25) is 0 Å². The molecule has 0 amide bonds. The molecule has 6 nitrogen and oxygen atoms in total. The van der Waals surface area contributed by atoms with Gasteiger partial charge in [0.15, 0.2) is 0 Å². The molecule has 1 aromatic carbocycles. The Morgan fingerprint density at radius 2 is 1.48 bits per heavy atom. The van der Waals surface area contributed by atoms with Gasteiger partial charge in [-0.2, -0.15) is 0 Å². The van der Waals surface area contributed by atoms with E-state index in [1.807, 2.05) is 10.6 Å². The van der Waals surface area contributed by atoms with Gasteiger partial charge in [0.1, 0.15) is 6.73 Å². The Balaban J connectivity index is 0.00000341. The highest BCUT2D eigenvalue weighted by molar-refractivity contribution is 5.85. The van der Waals surface area contributed by atoms with Crippen molar-refractivity contribution in [1.29, 1.82) is 5.41 Å². The monoisotopic (exact) mass is 452 g/mol. The van der Waals surface area contributed by atoms with E-state index in [1.54, 1.807) is 0 Å². The quantitative estimate of drug-likeness (QED) is 0.419. The molecule has 2 heterocycles. The molecule has 2 aromatic rings. The first-order chi connectivity index (χ1) is 14.8. The van der Waals surface area contributed by atoms with Gasteiger partial charge in [-0.1, -0.05) is 64.0 Å². The predicted octanol–water partition coefficient (Wildman–Crippen LogP) is 4.79. The Labute approximate surface area is 193 Å². The molecule has 0 atom stereocenters. The lowest BCUT2D eigenvalue weighted by Crippen LogP contribution is -2.39. The largest absolute Gasteiger partial charge is 0.379 e. The predicted molar refractivity (Wildman–Crippen MR) is 129 cm³/mol. The second-order valence-electron chi connectivity index (χ2n) is 8.36. The Morgan fingerprint density at radius 1 is 0.871 bits per heavy atom. The van der Waals surface area contributed by atoms with E-state index in [2.05, 4.69) is 34.6 Å². The number of unbranched alkanes of at least 4 members (excludes halogenated alkanes) is 7. The third-order valence-corrected chi connectivity index (χ3v) is 6.08. The number of imidazole rings is 1. The van der Waals surface area contributed by atoms with Crippen molar-refractivity contribution < 1.29 is 9.47 Å². The van der Waals surface area contributed by atoms with Gasteiger partial charge in [-0.25, -0.2) is 0 Å². The normalized spacial score (nSPS) is 14.7. The third kappa shape index (κ3) is 7.94. The van der Waals surface area contributed by atoms with Gasteiger partial charge < -0.3 is 14.0 Å². The number of nitrogens with zero attached hydrogens (tertiary/aromatic N) is 3. The molecule has 1 aliphatic rings. The number of ether oxygens (including phenoxy) is 2. The number of hydrogen-bond donors (Lipinski definition) is 1. The van der Waals surface area contributed by atoms with Crippen LogP contribution in [0.25, 0.3) is 11.0 Å². The fourth-order valence-corrected chi connectivity index (χ4v) is 4.21. The van der Waals surface area contributed by atoms with Gasteiger partial charge in [0.2, 0.25) is 5.62 Å². The minimum Gasteiger partial charge on any atom is -0.379 e. The van der Waals surface area contributed by atoms with Crippen molar-refractivity contribution in [1.82, 2.24) is 14.0 Å². The van der Waals surface area contributed by atoms with Crippen LogP contribution in [0.15, 0.2) is 24.3 Å². The second kappa shape index (κ2) is 14.7. The fraction of sp³-hybridized carbons (Fsp3) is 0.708. The molecule has 7 heteroatoms. The minimum absolute atomic E-state index is 0. The van der Waals surface area contributed by atoms with Gasteiger partial charge >= 0.3 is 0 Å². The van der Waals surface area contributed by atoms with Crippen LogP contribution >= 0.6 is 12.4 Å². The summed E-state index contributed by atoms with van der Waals surface area (Å²) in [7, 11) is 0. The topological polar surface area (TPSA) is 55.4 Å². The molecular formula is C24H41ClN4O2. The number of halogens is 1. The lowest BCUT2D eigenvalue weighted by molar-refractivity contribution is 0.0362. The molecule has 1 N–H and O–H groups in total. The van der Waals surface area contributed by atoms with Crippen molar-refractivity contribution >= 4 is 23.4 Å². The molecule has 0 radical (unpaired) electrons. The molecule has 1 saturated heterocycles. The van der Waals surface area contributed by atoms with Crippen molar-refractivity contribution in [3.05, 3.63) is 29.9 Å². The summed E-state index contributed by atoms with van der Waals surface area (Å²) in [5.74, 6) is 0. The third-order valence-electron chi connectivity index (χ3n) is 6.08. The standard InChI is InChI=1S/C24H40N4O2.ClH/c1-2-3-4-5-6-7-8-11-18-30-21-28-23-13-10-9-12-22(23)27(24(28)25)15-14-26-16-19-29-20-17-26;/h9-10,12-13,25H,2-8,11,14-21H2,1H3;1H. The van der Waals surface area contributed by atoms with Crippen LogP contribution in [0.4, 0.5) is 0 Å². The van der Waals surface area contributed by atoms with Crippen LogP contribution in [-0.2, 0) is 22.7 Å². The second-order valence-corrected chi connectivity index (χ2v) is 8.36. The van der Waals surface area contributed by atoms with E-state index in [0.717, 1.165) is 63.5 Å². The number of fused-ring (bicyclic) bond motifs is 1. The van der Waals surface area contributed by atoms with E-state index in [4.69, 9.17) is 14.9 Å². The first-order valence-corrected chi connectivity index (χ1v) is 11.9. The molecule has 0 spiro atoms. The van der Waals surface area contributed by atoms with Crippen LogP contribution in [0.1, 0.15) is 58.3 Å². The summed E-state index contributed by atoms with van der Waals surface area (Å²) in [4.78, 5) is 2.42. The van der Waals surface area contributed by atoms with E-state index in [0.29, 0.717) is 12.3 Å².